The quantitative estimate of drug-likeness (QED) is 0.751. The van der Waals surface area contributed by atoms with E-state index in [0.29, 0.717) is 5.91 Å². The van der Waals surface area contributed by atoms with Gasteiger partial charge in [-0.1, -0.05) is 12.1 Å². The van der Waals surface area contributed by atoms with Crippen LogP contribution >= 0.6 is 0 Å². The second-order valence-electron chi connectivity index (χ2n) is 9.16. The molecule has 0 atom stereocenters. The van der Waals surface area contributed by atoms with E-state index in [1.807, 2.05) is 12.1 Å². The molecule has 1 aromatic carbocycles. The van der Waals surface area contributed by atoms with Crippen LogP contribution in [-0.2, 0) is 11.2 Å². The Kier molecular flexibility index (Phi) is 3.39. The maximum absolute atomic E-state index is 13.7. The molecular formula is C22H27NO2. The van der Waals surface area contributed by atoms with Crippen molar-refractivity contribution in [1.29, 1.82) is 0 Å². The summed E-state index contributed by atoms with van der Waals surface area (Å²) in [5.74, 6) is 2.79. The minimum absolute atomic E-state index is 0.0792. The summed E-state index contributed by atoms with van der Waals surface area (Å²) in [7, 11) is 0. The van der Waals surface area contributed by atoms with E-state index in [1.54, 1.807) is 6.92 Å². The highest BCUT2D eigenvalue weighted by Crippen LogP contribution is 2.60. The fourth-order valence-electron chi connectivity index (χ4n) is 6.66. The summed E-state index contributed by atoms with van der Waals surface area (Å²) >= 11 is 0. The second-order valence-corrected chi connectivity index (χ2v) is 9.16. The number of aryl methyl sites for hydroxylation is 1. The molecule has 0 N–H and O–H groups in total. The fourth-order valence-corrected chi connectivity index (χ4v) is 6.66. The number of benzene rings is 1. The number of Topliss-reactive ketones (excluding diaryl/α,β-unsaturated/α-hetero) is 1. The van der Waals surface area contributed by atoms with Crippen molar-refractivity contribution >= 4 is 17.4 Å². The highest BCUT2D eigenvalue weighted by Gasteiger charge is 2.55. The number of hydrogen-bond donors (Lipinski definition) is 0. The number of nitrogens with zero attached hydrogens (tertiary/aromatic N) is 1. The molecule has 1 aliphatic heterocycles. The van der Waals surface area contributed by atoms with Crippen LogP contribution in [0.1, 0.15) is 67.8 Å². The van der Waals surface area contributed by atoms with E-state index >= 15 is 0 Å². The Bertz CT molecular complexity index is 715. The van der Waals surface area contributed by atoms with Gasteiger partial charge in [-0.15, -0.1) is 0 Å². The van der Waals surface area contributed by atoms with Gasteiger partial charge < -0.3 is 4.90 Å². The Labute approximate surface area is 149 Å². The molecule has 0 radical (unpaired) electrons. The number of carbonyl (C=O) groups is 2. The zero-order chi connectivity index (χ0) is 17.2. The molecule has 3 nitrogen and oxygen atoms in total. The maximum Gasteiger partial charge on any atom is 0.233 e. The molecule has 1 aromatic rings. The lowest BCUT2D eigenvalue weighted by Crippen LogP contribution is -2.55. The highest BCUT2D eigenvalue weighted by molar-refractivity contribution is 6.01. The lowest BCUT2D eigenvalue weighted by Gasteiger charge is -2.56. The van der Waals surface area contributed by atoms with Crippen LogP contribution in [0.25, 0.3) is 0 Å². The lowest BCUT2D eigenvalue weighted by atomic mass is 9.49. The van der Waals surface area contributed by atoms with Crippen molar-refractivity contribution in [2.24, 2.45) is 23.2 Å². The number of anilines is 1. The van der Waals surface area contributed by atoms with Gasteiger partial charge >= 0.3 is 0 Å². The summed E-state index contributed by atoms with van der Waals surface area (Å²) in [5.41, 5.74) is 2.87. The molecule has 132 valence electrons. The Balaban J connectivity index is 1.51. The monoisotopic (exact) mass is 337 g/mol. The van der Waals surface area contributed by atoms with Crippen molar-refractivity contribution in [2.45, 2.75) is 58.3 Å². The second kappa shape index (κ2) is 5.43. The molecule has 4 fully saturated rings. The number of ketones is 1. The summed E-state index contributed by atoms with van der Waals surface area (Å²) in [6, 6.07) is 5.94. The van der Waals surface area contributed by atoms with Crippen molar-refractivity contribution in [3.05, 3.63) is 29.3 Å². The van der Waals surface area contributed by atoms with Gasteiger partial charge in [0.15, 0.2) is 5.78 Å². The number of amides is 1. The molecule has 6 rings (SSSR count). The van der Waals surface area contributed by atoms with Gasteiger partial charge in [0.05, 0.1) is 5.41 Å². The van der Waals surface area contributed by atoms with E-state index < -0.39 is 0 Å². The molecule has 0 unspecified atom stereocenters. The van der Waals surface area contributed by atoms with Crippen LogP contribution in [0.3, 0.4) is 0 Å². The Morgan fingerprint density at radius 2 is 1.68 bits per heavy atom. The average molecular weight is 337 g/mol. The van der Waals surface area contributed by atoms with Crippen LogP contribution in [0.5, 0.6) is 0 Å². The van der Waals surface area contributed by atoms with Crippen LogP contribution in [0, 0.1) is 23.2 Å². The van der Waals surface area contributed by atoms with Gasteiger partial charge in [0.25, 0.3) is 0 Å². The zero-order valence-electron chi connectivity index (χ0n) is 15.1. The number of fused-ring (bicyclic) bond motifs is 1. The molecule has 5 aliphatic rings. The van der Waals surface area contributed by atoms with Crippen LogP contribution in [0.4, 0.5) is 5.69 Å². The number of hydrogen-bond acceptors (Lipinski definition) is 2. The van der Waals surface area contributed by atoms with Crippen molar-refractivity contribution in [1.82, 2.24) is 0 Å². The summed E-state index contributed by atoms with van der Waals surface area (Å²) in [4.78, 5) is 27.6. The number of carbonyl (C=O) groups excluding carboxylic acids is 2. The van der Waals surface area contributed by atoms with Crippen LogP contribution < -0.4 is 4.90 Å². The predicted molar refractivity (Wildman–Crippen MR) is 97.7 cm³/mol. The first kappa shape index (κ1) is 15.6. The predicted octanol–water partition coefficient (Wildman–Crippen LogP) is 4.38. The number of rotatable bonds is 2. The summed E-state index contributed by atoms with van der Waals surface area (Å²) in [6.45, 7) is 2.42. The maximum atomic E-state index is 13.7. The van der Waals surface area contributed by atoms with E-state index in [-0.39, 0.29) is 11.2 Å². The molecule has 1 heterocycles. The molecular weight excluding hydrogens is 310 g/mol. The van der Waals surface area contributed by atoms with Gasteiger partial charge in [-0.25, -0.2) is 0 Å². The van der Waals surface area contributed by atoms with Gasteiger partial charge in [-0.2, -0.15) is 0 Å². The average Bonchev–Trinajstić information content (AvgIpc) is 2.59. The summed E-state index contributed by atoms with van der Waals surface area (Å²) < 4.78 is 0. The third-order valence-corrected chi connectivity index (χ3v) is 7.35. The van der Waals surface area contributed by atoms with Gasteiger partial charge in [0, 0.05) is 17.8 Å². The molecule has 4 saturated carbocycles. The van der Waals surface area contributed by atoms with Gasteiger partial charge in [-0.05, 0) is 87.7 Å². The van der Waals surface area contributed by atoms with Gasteiger partial charge in [0.2, 0.25) is 5.91 Å². The Morgan fingerprint density at radius 3 is 2.28 bits per heavy atom. The minimum atomic E-state index is -0.102. The van der Waals surface area contributed by atoms with E-state index in [0.717, 1.165) is 67.7 Å². The fraction of sp³-hybridized carbons (Fsp3) is 0.636. The van der Waals surface area contributed by atoms with Crippen LogP contribution in [0.15, 0.2) is 18.2 Å². The first-order valence-corrected chi connectivity index (χ1v) is 10.00. The molecule has 3 heteroatoms. The van der Waals surface area contributed by atoms with E-state index in [2.05, 4.69) is 11.0 Å². The van der Waals surface area contributed by atoms with Crippen molar-refractivity contribution in [3.8, 4) is 0 Å². The first-order chi connectivity index (χ1) is 12.0. The highest BCUT2D eigenvalue weighted by atomic mass is 16.2. The van der Waals surface area contributed by atoms with E-state index in [9.17, 15) is 9.59 Å². The van der Waals surface area contributed by atoms with Crippen molar-refractivity contribution in [3.63, 3.8) is 0 Å². The van der Waals surface area contributed by atoms with Gasteiger partial charge in [-0.3, -0.25) is 9.59 Å². The smallest absolute Gasteiger partial charge is 0.233 e. The lowest BCUT2D eigenvalue weighted by molar-refractivity contribution is -0.143. The normalized spacial score (nSPS) is 35.6. The standard InChI is InChI=1S/C22H27NO2/c1-14(24)19-5-4-18-3-2-6-23(20(18)10-19)21(25)22-11-15-7-16(12-22)9-17(8-15)13-22/h4-5,10,15-17H,2-3,6-9,11-13H2,1H3. The molecule has 25 heavy (non-hydrogen) atoms. The Morgan fingerprint density at radius 1 is 1.04 bits per heavy atom. The molecule has 0 spiro atoms. The van der Waals surface area contributed by atoms with E-state index in [4.69, 9.17) is 0 Å². The van der Waals surface area contributed by atoms with E-state index in [1.165, 1.54) is 24.8 Å². The Hall–Kier alpha value is -1.64. The summed E-state index contributed by atoms with van der Waals surface area (Å²) in [5, 5.41) is 0. The SMILES string of the molecule is CC(=O)c1ccc2c(c1)N(C(=O)C13CC4CC(CC(C4)C1)C3)CCC2. The third-order valence-electron chi connectivity index (χ3n) is 7.35. The summed E-state index contributed by atoms with van der Waals surface area (Å²) in [6.07, 6.45) is 9.44. The minimum Gasteiger partial charge on any atom is -0.312 e. The van der Waals surface area contributed by atoms with Crippen LogP contribution in [0.2, 0.25) is 0 Å². The zero-order valence-corrected chi connectivity index (χ0v) is 15.1. The topological polar surface area (TPSA) is 37.4 Å². The molecule has 4 aliphatic carbocycles. The molecule has 0 saturated heterocycles. The first-order valence-electron chi connectivity index (χ1n) is 10.00. The van der Waals surface area contributed by atoms with Gasteiger partial charge in [0.1, 0.15) is 0 Å². The van der Waals surface area contributed by atoms with Crippen LogP contribution in [-0.4, -0.2) is 18.2 Å². The third kappa shape index (κ3) is 2.38. The molecule has 0 aromatic heterocycles. The molecule has 1 amide bonds. The molecule has 4 bridgehead atoms. The van der Waals surface area contributed by atoms with Crippen molar-refractivity contribution in [2.75, 3.05) is 11.4 Å². The van der Waals surface area contributed by atoms with Crippen molar-refractivity contribution < 1.29 is 9.59 Å². The largest absolute Gasteiger partial charge is 0.312 e.